The first-order valence-corrected chi connectivity index (χ1v) is 9.51. The van der Waals surface area contributed by atoms with Gasteiger partial charge in [-0.25, -0.2) is 6.57 Å². The van der Waals surface area contributed by atoms with Gasteiger partial charge in [-0.2, -0.15) is 12.7 Å². The predicted molar refractivity (Wildman–Crippen MR) is 94.6 cm³/mol. The molecule has 148 valence electrons. The van der Waals surface area contributed by atoms with Crippen LogP contribution in [0.5, 0.6) is 0 Å². The summed E-state index contributed by atoms with van der Waals surface area (Å²) in [5.74, 6) is -2.04. The average molecular weight is 391 g/mol. The van der Waals surface area contributed by atoms with Crippen LogP contribution >= 0.6 is 0 Å². The minimum atomic E-state index is -4.14. The van der Waals surface area contributed by atoms with Gasteiger partial charge in [-0.3, -0.25) is 9.64 Å². The lowest BCUT2D eigenvalue weighted by molar-refractivity contribution is -0.144. The molecule has 0 aromatic carbocycles. The zero-order valence-electron chi connectivity index (χ0n) is 14.8. The average Bonchev–Trinajstić information content (AvgIpc) is 2.86. The highest BCUT2D eigenvalue weighted by Gasteiger charge is 2.54. The molecule has 1 fully saturated rings. The first kappa shape index (κ1) is 22.8. The van der Waals surface area contributed by atoms with Crippen LogP contribution in [-0.4, -0.2) is 83.2 Å². The van der Waals surface area contributed by atoms with Crippen LogP contribution in [0.3, 0.4) is 0 Å². The number of carboxylic acid groups (broad SMARTS) is 1. The summed E-state index contributed by atoms with van der Waals surface area (Å²) in [6.07, 6.45) is -0.595. The molecule has 1 aliphatic rings. The van der Waals surface area contributed by atoms with Gasteiger partial charge in [0.1, 0.15) is 5.54 Å². The highest BCUT2D eigenvalue weighted by Crippen LogP contribution is 2.33. The summed E-state index contributed by atoms with van der Waals surface area (Å²) < 4.78 is 27.4. The van der Waals surface area contributed by atoms with Crippen molar-refractivity contribution in [3.63, 3.8) is 0 Å². The van der Waals surface area contributed by atoms with Gasteiger partial charge in [0.05, 0.1) is 6.04 Å². The number of hydrogen-bond donors (Lipinski definition) is 5. The Hall–Kier alpha value is -1.27. The molecule has 2 unspecified atom stereocenters. The van der Waals surface area contributed by atoms with Gasteiger partial charge in [0, 0.05) is 26.1 Å². The second-order valence-corrected chi connectivity index (χ2v) is 8.66. The lowest BCUT2D eigenvalue weighted by atomic mass is 9.78. The van der Waals surface area contributed by atoms with E-state index >= 15 is 0 Å². The van der Waals surface area contributed by atoms with E-state index in [-0.39, 0.29) is 25.7 Å². The maximum atomic E-state index is 12.8. The molecule has 1 aliphatic heterocycles. The number of rotatable bonds is 9. The molecule has 4 atom stereocenters. The van der Waals surface area contributed by atoms with Crippen LogP contribution in [0.1, 0.15) is 19.8 Å². The molecule has 13 heteroatoms. The Labute approximate surface area is 153 Å². The Morgan fingerprint density at radius 3 is 2.54 bits per heavy atom. The molecule has 0 spiro atoms. The van der Waals surface area contributed by atoms with Crippen LogP contribution in [0.4, 0.5) is 0 Å². The number of carbonyl (C=O) groups is 1. The summed E-state index contributed by atoms with van der Waals surface area (Å²) in [6, 6.07) is -0.737. The van der Waals surface area contributed by atoms with Crippen LogP contribution in [0, 0.1) is 12.5 Å². The number of carboxylic acids is 1. The van der Waals surface area contributed by atoms with Crippen LogP contribution in [0.25, 0.3) is 4.85 Å². The molecule has 11 nitrogen and oxygen atoms in total. The van der Waals surface area contributed by atoms with Gasteiger partial charge in [-0.1, -0.05) is 6.42 Å². The maximum absolute atomic E-state index is 12.8. The molecule has 1 saturated heterocycles. The predicted octanol–water partition coefficient (Wildman–Crippen LogP) is -2.28. The standard InChI is InChI=1S/C13H26BN5O6S/c1-9(15)11(17-2)18(3)26(24,25)19-7-10(5-4-6-14(22)23)13(16,8-19)12(20)21/h9-11,22-23H,4-8,15-16H2,1,3H3,(H,20,21)/t9?,10-,11?,13-/m0/s1. The molecule has 0 aliphatic carbocycles. The van der Waals surface area contributed by atoms with E-state index in [0.29, 0.717) is 0 Å². The summed E-state index contributed by atoms with van der Waals surface area (Å²) >= 11 is 0. The third-order valence-electron chi connectivity index (χ3n) is 4.67. The van der Waals surface area contributed by atoms with E-state index in [0.717, 1.165) is 8.61 Å². The molecule has 26 heavy (non-hydrogen) atoms. The molecule has 7 N–H and O–H groups in total. The van der Waals surface area contributed by atoms with Crippen molar-refractivity contribution in [1.29, 1.82) is 0 Å². The summed E-state index contributed by atoms with van der Waals surface area (Å²) in [6.45, 7) is 8.07. The normalized spacial score (nSPS) is 26.5. The van der Waals surface area contributed by atoms with Crippen LogP contribution in [0.15, 0.2) is 0 Å². The van der Waals surface area contributed by atoms with Gasteiger partial charge in [-0.15, -0.1) is 4.31 Å². The summed E-state index contributed by atoms with van der Waals surface area (Å²) in [5, 5.41) is 27.3. The van der Waals surface area contributed by atoms with Crippen LogP contribution in [0.2, 0.25) is 6.32 Å². The minimum absolute atomic E-state index is 0.0311. The van der Waals surface area contributed by atoms with Crippen molar-refractivity contribution in [3.05, 3.63) is 11.4 Å². The van der Waals surface area contributed by atoms with Crippen LogP contribution in [-0.2, 0) is 15.0 Å². The van der Waals surface area contributed by atoms with Crippen molar-refractivity contribution in [1.82, 2.24) is 8.61 Å². The third-order valence-corrected chi connectivity index (χ3v) is 6.54. The van der Waals surface area contributed by atoms with Crippen molar-refractivity contribution in [3.8, 4) is 0 Å². The van der Waals surface area contributed by atoms with Gasteiger partial charge in [0.25, 0.3) is 10.2 Å². The Bertz CT molecular complexity index is 654. The van der Waals surface area contributed by atoms with Crippen molar-refractivity contribution in [2.45, 2.75) is 43.8 Å². The van der Waals surface area contributed by atoms with Gasteiger partial charge in [-0.05, 0) is 19.7 Å². The van der Waals surface area contributed by atoms with E-state index in [9.17, 15) is 18.3 Å². The molecule has 0 aromatic heterocycles. The number of likely N-dealkylation sites (N-methyl/N-ethyl adjacent to an activating group) is 1. The van der Waals surface area contributed by atoms with Crippen molar-refractivity contribution in [2.24, 2.45) is 17.4 Å². The molecular formula is C13H26BN5O6S. The van der Waals surface area contributed by atoms with E-state index in [1.165, 1.54) is 14.0 Å². The van der Waals surface area contributed by atoms with Crippen LogP contribution < -0.4 is 11.5 Å². The van der Waals surface area contributed by atoms with E-state index in [2.05, 4.69) is 4.85 Å². The number of nitrogens with zero attached hydrogens (tertiary/aromatic N) is 3. The number of nitrogens with two attached hydrogens (primary N) is 2. The SMILES string of the molecule is [C-]#[N+]C(C(C)N)N(C)S(=O)(=O)N1C[C@H](CCCB(O)O)[C@](N)(C(=O)O)C1. The maximum Gasteiger partial charge on any atom is 0.451 e. The number of aliphatic carboxylic acids is 1. The van der Waals surface area contributed by atoms with Crippen molar-refractivity contribution in [2.75, 3.05) is 20.1 Å². The molecule has 1 heterocycles. The van der Waals surface area contributed by atoms with Crippen molar-refractivity contribution < 1.29 is 28.4 Å². The highest BCUT2D eigenvalue weighted by atomic mass is 32.2. The molecular weight excluding hydrogens is 365 g/mol. The molecule has 1 rings (SSSR count). The number of hydrogen-bond acceptors (Lipinski definition) is 7. The lowest BCUT2D eigenvalue weighted by Gasteiger charge is -2.27. The van der Waals surface area contributed by atoms with Gasteiger partial charge in [0.2, 0.25) is 0 Å². The summed E-state index contributed by atoms with van der Waals surface area (Å²) in [4.78, 5) is 14.9. The summed E-state index contributed by atoms with van der Waals surface area (Å²) in [7, 11) is -4.45. The zero-order chi connectivity index (χ0) is 20.3. The van der Waals surface area contributed by atoms with E-state index in [4.69, 9.17) is 28.1 Å². The molecule has 0 amide bonds. The topological polar surface area (TPSA) is 175 Å². The molecule has 0 saturated carbocycles. The Kier molecular flexibility index (Phi) is 7.55. The first-order valence-electron chi connectivity index (χ1n) is 8.11. The quantitative estimate of drug-likeness (QED) is 0.216. The van der Waals surface area contributed by atoms with Gasteiger partial charge < -0.3 is 26.6 Å². The second kappa shape index (κ2) is 8.62. The second-order valence-electron chi connectivity index (χ2n) is 6.67. The lowest BCUT2D eigenvalue weighted by Crippen LogP contribution is -2.56. The first-order chi connectivity index (χ1) is 11.9. The van der Waals surface area contributed by atoms with E-state index in [1.54, 1.807) is 0 Å². The van der Waals surface area contributed by atoms with Crippen molar-refractivity contribution >= 4 is 23.3 Å². The molecule has 0 radical (unpaired) electrons. The van der Waals surface area contributed by atoms with E-state index < -0.39 is 53.5 Å². The monoisotopic (exact) mass is 391 g/mol. The molecule has 0 aromatic rings. The zero-order valence-corrected chi connectivity index (χ0v) is 15.6. The van der Waals surface area contributed by atoms with Gasteiger partial charge in [0.15, 0.2) is 0 Å². The largest absolute Gasteiger partial charge is 0.480 e. The summed E-state index contributed by atoms with van der Waals surface area (Å²) in [5.41, 5.74) is 9.85. The molecule has 0 bridgehead atoms. The Morgan fingerprint density at radius 1 is 1.54 bits per heavy atom. The fraction of sp³-hybridized carbons (Fsp3) is 0.846. The Morgan fingerprint density at radius 2 is 2.12 bits per heavy atom. The van der Waals surface area contributed by atoms with E-state index in [1.807, 2.05) is 0 Å². The minimum Gasteiger partial charge on any atom is -0.480 e. The fourth-order valence-corrected chi connectivity index (χ4v) is 4.68. The highest BCUT2D eigenvalue weighted by molar-refractivity contribution is 7.86. The van der Waals surface area contributed by atoms with Gasteiger partial charge >= 0.3 is 19.3 Å². The Balaban J connectivity index is 3.04. The third kappa shape index (κ3) is 4.71. The fourth-order valence-electron chi connectivity index (χ4n) is 3.06. The smallest absolute Gasteiger partial charge is 0.451 e.